The largest absolute Gasteiger partial charge is 0.340 e. The summed E-state index contributed by atoms with van der Waals surface area (Å²) in [5.41, 5.74) is 1.63. The molecule has 1 aliphatic heterocycles. The third-order valence-corrected chi connectivity index (χ3v) is 6.91. The Hall–Kier alpha value is -3.10. The van der Waals surface area contributed by atoms with Crippen LogP contribution in [0.25, 0.3) is 21.1 Å². The molecule has 0 spiro atoms. The van der Waals surface area contributed by atoms with Gasteiger partial charge in [-0.1, -0.05) is 24.3 Å². The molecule has 3 heterocycles. The summed E-state index contributed by atoms with van der Waals surface area (Å²) in [6.45, 7) is 4.05. The Morgan fingerprint density at radius 2 is 1.72 bits per heavy atom. The summed E-state index contributed by atoms with van der Waals surface area (Å²) in [6.07, 6.45) is 1.73. The van der Waals surface area contributed by atoms with Crippen LogP contribution in [0.1, 0.15) is 23.7 Å². The lowest BCUT2D eigenvalue weighted by molar-refractivity contribution is -0.133. The molecule has 32 heavy (non-hydrogen) atoms. The zero-order valence-corrected chi connectivity index (χ0v) is 18.6. The van der Waals surface area contributed by atoms with Crippen molar-refractivity contribution in [3.63, 3.8) is 0 Å². The van der Waals surface area contributed by atoms with E-state index in [2.05, 4.69) is 27.0 Å². The van der Waals surface area contributed by atoms with Gasteiger partial charge < -0.3 is 9.88 Å². The second kappa shape index (κ2) is 9.18. The summed E-state index contributed by atoms with van der Waals surface area (Å²) in [5, 5.41) is 1.72. The Morgan fingerprint density at radius 1 is 0.969 bits per heavy atom. The Bertz CT molecular complexity index is 1270. The van der Waals surface area contributed by atoms with Gasteiger partial charge in [0, 0.05) is 39.0 Å². The number of para-hydroxylation sites is 2. The number of hydrogen-bond donors (Lipinski definition) is 1. The first-order valence-electron chi connectivity index (χ1n) is 11.0. The van der Waals surface area contributed by atoms with Crippen LogP contribution < -0.4 is 5.56 Å². The summed E-state index contributed by atoms with van der Waals surface area (Å²) in [6, 6.07) is 15.5. The van der Waals surface area contributed by atoms with Crippen molar-refractivity contribution >= 4 is 38.4 Å². The Labute approximate surface area is 189 Å². The Balaban J connectivity index is 1.10. The average Bonchev–Trinajstić information content (AvgIpc) is 3.22. The first-order chi connectivity index (χ1) is 15.7. The summed E-state index contributed by atoms with van der Waals surface area (Å²) in [7, 11) is 0. The number of aromatic nitrogens is 3. The highest BCUT2D eigenvalue weighted by molar-refractivity contribution is 7.18. The molecule has 2 aromatic carbocycles. The van der Waals surface area contributed by atoms with Gasteiger partial charge in [0.15, 0.2) is 0 Å². The van der Waals surface area contributed by atoms with E-state index in [-0.39, 0.29) is 11.5 Å². The van der Waals surface area contributed by atoms with Gasteiger partial charge in [0.05, 0.1) is 27.7 Å². The van der Waals surface area contributed by atoms with Gasteiger partial charge in [0.1, 0.15) is 10.8 Å². The molecule has 8 heteroatoms. The second-order valence-corrected chi connectivity index (χ2v) is 9.23. The number of amides is 1. The number of rotatable bonds is 6. The third-order valence-electron chi connectivity index (χ3n) is 5.89. The van der Waals surface area contributed by atoms with Crippen LogP contribution >= 0.6 is 11.3 Å². The molecule has 1 fully saturated rings. The number of carbonyl (C=O) groups is 1. The topological polar surface area (TPSA) is 82.2 Å². The monoisotopic (exact) mass is 447 g/mol. The van der Waals surface area contributed by atoms with Gasteiger partial charge in [-0.05, 0) is 30.7 Å². The van der Waals surface area contributed by atoms with Crippen molar-refractivity contribution in [2.75, 3.05) is 26.2 Å². The van der Waals surface area contributed by atoms with E-state index in [9.17, 15) is 9.59 Å². The van der Waals surface area contributed by atoms with Gasteiger partial charge in [-0.15, -0.1) is 11.3 Å². The van der Waals surface area contributed by atoms with Gasteiger partial charge in [0.25, 0.3) is 5.56 Å². The minimum Gasteiger partial charge on any atom is -0.340 e. The van der Waals surface area contributed by atoms with Crippen molar-refractivity contribution in [3.05, 3.63) is 69.7 Å². The van der Waals surface area contributed by atoms with E-state index in [0.29, 0.717) is 36.0 Å². The van der Waals surface area contributed by atoms with Crippen molar-refractivity contribution in [2.45, 2.75) is 25.8 Å². The van der Waals surface area contributed by atoms with E-state index in [1.54, 1.807) is 17.4 Å². The standard InChI is InChI=1S/C24H25N5O2S/c30-23(11-5-10-21-25-18-7-2-1-6-17(18)24(31)27-21)29-14-12-28(13-15-29)16-22-26-19-8-3-4-9-20(19)32-22/h1-4,6-9H,5,10-16H2,(H,25,27,31). The van der Waals surface area contributed by atoms with Crippen molar-refractivity contribution in [2.24, 2.45) is 0 Å². The van der Waals surface area contributed by atoms with Crippen molar-refractivity contribution in [1.82, 2.24) is 24.8 Å². The molecule has 1 saturated heterocycles. The predicted molar refractivity (Wildman–Crippen MR) is 127 cm³/mol. The molecule has 4 aromatic rings. The Kier molecular flexibility index (Phi) is 5.96. The van der Waals surface area contributed by atoms with Crippen LogP contribution in [0.2, 0.25) is 0 Å². The van der Waals surface area contributed by atoms with Crippen molar-refractivity contribution in [3.8, 4) is 0 Å². The van der Waals surface area contributed by atoms with E-state index in [1.807, 2.05) is 35.2 Å². The third kappa shape index (κ3) is 4.56. The highest BCUT2D eigenvalue weighted by Gasteiger charge is 2.21. The molecule has 2 aromatic heterocycles. The highest BCUT2D eigenvalue weighted by atomic mass is 32.1. The van der Waals surface area contributed by atoms with Crippen LogP contribution in [0.5, 0.6) is 0 Å². The molecule has 0 saturated carbocycles. The van der Waals surface area contributed by atoms with E-state index in [4.69, 9.17) is 4.98 Å². The summed E-state index contributed by atoms with van der Waals surface area (Å²) in [5.74, 6) is 0.815. The number of aryl methyl sites for hydroxylation is 1. The smallest absolute Gasteiger partial charge is 0.258 e. The summed E-state index contributed by atoms with van der Waals surface area (Å²) < 4.78 is 1.22. The van der Waals surface area contributed by atoms with E-state index >= 15 is 0 Å². The van der Waals surface area contributed by atoms with E-state index in [0.717, 1.165) is 43.2 Å². The minimum atomic E-state index is -0.124. The number of hydrogen-bond acceptors (Lipinski definition) is 6. The number of H-pyrrole nitrogens is 1. The fraction of sp³-hybridized carbons (Fsp3) is 0.333. The Morgan fingerprint density at radius 3 is 2.53 bits per heavy atom. The maximum absolute atomic E-state index is 12.7. The van der Waals surface area contributed by atoms with E-state index < -0.39 is 0 Å². The van der Waals surface area contributed by atoms with Crippen molar-refractivity contribution in [1.29, 1.82) is 0 Å². The molecular formula is C24H25N5O2S. The number of thiazole rings is 1. The SMILES string of the molecule is O=C(CCCc1nc2ccccc2c(=O)[nH]1)N1CCN(Cc2nc3ccccc3s2)CC1. The molecule has 1 N–H and O–H groups in total. The van der Waals surface area contributed by atoms with Gasteiger partial charge in [0.2, 0.25) is 5.91 Å². The van der Waals surface area contributed by atoms with E-state index in [1.165, 1.54) is 4.70 Å². The van der Waals surface area contributed by atoms with Crippen LogP contribution in [0.3, 0.4) is 0 Å². The number of benzene rings is 2. The molecule has 0 aliphatic carbocycles. The van der Waals surface area contributed by atoms with Crippen LogP contribution in [0.15, 0.2) is 53.3 Å². The van der Waals surface area contributed by atoms with Crippen LogP contribution in [-0.4, -0.2) is 56.8 Å². The summed E-state index contributed by atoms with van der Waals surface area (Å²) >= 11 is 1.74. The zero-order chi connectivity index (χ0) is 21.9. The lowest BCUT2D eigenvalue weighted by atomic mass is 10.2. The molecule has 0 unspecified atom stereocenters. The second-order valence-electron chi connectivity index (χ2n) is 8.12. The quantitative estimate of drug-likeness (QED) is 0.491. The number of carbonyl (C=O) groups excluding carboxylic acids is 1. The van der Waals surface area contributed by atoms with Crippen LogP contribution in [0.4, 0.5) is 0 Å². The molecule has 1 aliphatic rings. The number of nitrogens with zero attached hydrogens (tertiary/aromatic N) is 4. The number of fused-ring (bicyclic) bond motifs is 2. The normalized spacial score (nSPS) is 14.9. The molecule has 0 bridgehead atoms. The maximum atomic E-state index is 12.7. The fourth-order valence-corrected chi connectivity index (χ4v) is 5.16. The summed E-state index contributed by atoms with van der Waals surface area (Å²) in [4.78, 5) is 41.2. The zero-order valence-electron chi connectivity index (χ0n) is 17.8. The van der Waals surface area contributed by atoms with Gasteiger partial charge in [-0.3, -0.25) is 14.5 Å². The predicted octanol–water partition coefficient (Wildman–Crippen LogP) is 3.20. The molecule has 1 amide bonds. The highest BCUT2D eigenvalue weighted by Crippen LogP contribution is 2.23. The lowest BCUT2D eigenvalue weighted by Crippen LogP contribution is -2.48. The van der Waals surface area contributed by atoms with Crippen LogP contribution in [0, 0.1) is 0 Å². The van der Waals surface area contributed by atoms with Crippen molar-refractivity contribution < 1.29 is 4.79 Å². The lowest BCUT2D eigenvalue weighted by Gasteiger charge is -2.34. The number of aromatic amines is 1. The average molecular weight is 448 g/mol. The first-order valence-corrected chi connectivity index (χ1v) is 11.8. The molecule has 0 atom stereocenters. The maximum Gasteiger partial charge on any atom is 0.258 e. The van der Waals surface area contributed by atoms with Gasteiger partial charge in [-0.25, -0.2) is 9.97 Å². The molecule has 164 valence electrons. The molecule has 7 nitrogen and oxygen atoms in total. The fourth-order valence-electron chi connectivity index (χ4n) is 4.15. The van der Waals surface area contributed by atoms with Crippen LogP contribution in [-0.2, 0) is 17.8 Å². The van der Waals surface area contributed by atoms with Gasteiger partial charge >= 0.3 is 0 Å². The molecule has 5 rings (SSSR count). The molecule has 0 radical (unpaired) electrons. The first kappa shape index (κ1) is 20.8. The number of piperazine rings is 1. The molecular weight excluding hydrogens is 422 g/mol. The minimum absolute atomic E-state index is 0.124. The van der Waals surface area contributed by atoms with Gasteiger partial charge in [-0.2, -0.15) is 0 Å². The number of nitrogens with one attached hydrogen (secondary N) is 1.